The van der Waals surface area contributed by atoms with E-state index in [0.29, 0.717) is 30.2 Å². The van der Waals surface area contributed by atoms with Crippen LogP contribution in [-0.4, -0.2) is 30.1 Å². The summed E-state index contributed by atoms with van der Waals surface area (Å²) in [5, 5.41) is 0. The van der Waals surface area contributed by atoms with Crippen LogP contribution in [0, 0.1) is 17.5 Å². The van der Waals surface area contributed by atoms with Gasteiger partial charge in [0, 0.05) is 24.7 Å². The van der Waals surface area contributed by atoms with E-state index in [1.54, 1.807) is 32.9 Å². The number of alkyl halides is 2. The van der Waals surface area contributed by atoms with Crippen LogP contribution in [0.15, 0.2) is 60.7 Å². The van der Waals surface area contributed by atoms with Crippen molar-refractivity contribution in [2.24, 2.45) is 0 Å². The van der Waals surface area contributed by atoms with Crippen LogP contribution in [0.5, 0.6) is 5.75 Å². The van der Waals surface area contributed by atoms with E-state index in [1.807, 2.05) is 0 Å². The molecular weight excluding hydrogens is 497 g/mol. The molecule has 0 unspecified atom stereocenters. The second kappa shape index (κ2) is 10.6. The molecule has 0 aliphatic heterocycles. The van der Waals surface area contributed by atoms with Gasteiger partial charge in [-0.1, -0.05) is 24.3 Å². The number of benzene rings is 3. The molecule has 37 heavy (non-hydrogen) atoms. The minimum atomic E-state index is -3.42. The maximum atomic E-state index is 14.5. The van der Waals surface area contributed by atoms with E-state index in [4.69, 9.17) is 4.74 Å². The molecule has 3 aromatic carbocycles. The van der Waals surface area contributed by atoms with Crippen LogP contribution in [0.25, 0.3) is 11.1 Å². The fourth-order valence-electron chi connectivity index (χ4n) is 3.46. The Balaban J connectivity index is 2.05. The Bertz CT molecular complexity index is 1290. The summed E-state index contributed by atoms with van der Waals surface area (Å²) in [6.45, 7) is 4.68. The molecule has 0 bridgehead atoms. The van der Waals surface area contributed by atoms with Gasteiger partial charge in [-0.05, 0) is 56.2 Å². The standard InChI is InChI=1S/C27H24F5NO4/c1-26(2,3)37-23(34)15-33(25(35)24-21(29)13-18(28)14-22(24)30)19-9-5-7-16(11-19)17-8-6-10-20(12-17)36-27(4,31)32/h5-14H,15H2,1-4H3. The first-order valence-corrected chi connectivity index (χ1v) is 11.1. The molecule has 5 nitrogen and oxygen atoms in total. The van der Waals surface area contributed by atoms with Crippen molar-refractivity contribution in [1.29, 1.82) is 0 Å². The van der Waals surface area contributed by atoms with Crippen LogP contribution in [0.2, 0.25) is 0 Å². The molecule has 0 N–H and O–H groups in total. The fraction of sp³-hybridized carbons (Fsp3) is 0.259. The molecule has 0 spiro atoms. The molecule has 0 heterocycles. The number of carbonyl (C=O) groups is 2. The lowest BCUT2D eigenvalue weighted by atomic mass is 10.0. The van der Waals surface area contributed by atoms with Gasteiger partial charge in [0.1, 0.15) is 40.9 Å². The molecule has 196 valence electrons. The Morgan fingerprint density at radius 3 is 1.97 bits per heavy atom. The van der Waals surface area contributed by atoms with Crippen molar-refractivity contribution in [2.45, 2.75) is 39.4 Å². The zero-order valence-corrected chi connectivity index (χ0v) is 20.5. The molecule has 10 heteroatoms. The largest absolute Gasteiger partial charge is 0.459 e. The van der Waals surface area contributed by atoms with Crippen molar-refractivity contribution in [3.8, 4) is 16.9 Å². The molecule has 3 aromatic rings. The number of esters is 1. The van der Waals surface area contributed by atoms with Crippen molar-refractivity contribution >= 4 is 17.6 Å². The molecule has 0 aliphatic carbocycles. The number of carbonyl (C=O) groups excluding carboxylic acids is 2. The smallest absolute Gasteiger partial charge is 0.394 e. The van der Waals surface area contributed by atoms with Crippen molar-refractivity contribution in [1.82, 2.24) is 0 Å². The minimum absolute atomic E-state index is 0.0450. The van der Waals surface area contributed by atoms with Crippen LogP contribution in [0.4, 0.5) is 27.6 Å². The maximum Gasteiger partial charge on any atom is 0.394 e. The van der Waals surface area contributed by atoms with E-state index in [0.717, 1.165) is 4.90 Å². The average Bonchev–Trinajstić information content (AvgIpc) is 2.74. The summed E-state index contributed by atoms with van der Waals surface area (Å²) >= 11 is 0. The predicted molar refractivity (Wildman–Crippen MR) is 127 cm³/mol. The third kappa shape index (κ3) is 7.52. The molecule has 0 aliphatic rings. The van der Waals surface area contributed by atoms with Gasteiger partial charge >= 0.3 is 12.1 Å². The molecule has 0 atom stereocenters. The van der Waals surface area contributed by atoms with Crippen molar-refractivity contribution in [3.63, 3.8) is 0 Å². The third-order valence-corrected chi connectivity index (χ3v) is 4.80. The number of nitrogens with zero attached hydrogens (tertiary/aromatic N) is 1. The van der Waals surface area contributed by atoms with Gasteiger partial charge in [-0.15, -0.1) is 0 Å². The van der Waals surface area contributed by atoms with Crippen LogP contribution in [0.3, 0.4) is 0 Å². The normalized spacial score (nSPS) is 11.7. The van der Waals surface area contributed by atoms with Gasteiger partial charge in [-0.2, -0.15) is 8.78 Å². The molecule has 3 rings (SSSR count). The topological polar surface area (TPSA) is 55.8 Å². The van der Waals surface area contributed by atoms with Crippen LogP contribution in [0.1, 0.15) is 38.1 Å². The summed E-state index contributed by atoms with van der Waals surface area (Å²) in [4.78, 5) is 26.6. The molecule has 0 radical (unpaired) electrons. The number of hydrogen-bond acceptors (Lipinski definition) is 4. The Labute approximate surface area is 210 Å². The number of amides is 1. The lowest BCUT2D eigenvalue weighted by molar-refractivity contribution is -0.159. The second-order valence-corrected chi connectivity index (χ2v) is 9.21. The Hall–Kier alpha value is -3.95. The number of hydrogen-bond donors (Lipinski definition) is 0. The zero-order valence-electron chi connectivity index (χ0n) is 20.5. The summed E-state index contributed by atoms with van der Waals surface area (Å²) in [5.41, 5.74) is -1.08. The molecule has 0 saturated carbocycles. The zero-order chi connectivity index (χ0) is 27.5. The van der Waals surface area contributed by atoms with Gasteiger partial charge in [0.05, 0.1) is 0 Å². The SMILES string of the molecule is CC(C)(C)OC(=O)CN(C(=O)c1c(F)cc(F)cc1F)c1cccc(-c2cccc(OC(C)(F)F)c2)c1. The lowest BCUT2D eigenvalue weighted by Crippen LogP contribution is -2.39. The highest BCUT2D eigenvalue weighted by molar-refractivity contribution is 6.09. The van der Waals surface area contributed by atoms with Gasteiger partial charge in [0.2, 0.25) is 0 Å². The Morgan fingerprint density at radius 2 is 1.41 bits per heavy atom. The van der Waals surface area contributed by atoms with Crippen LogP contribution in [-0.2, 0) is 9.53 Å². The van der Waals surface area contributed by atoms with Gasteiger partial charge in [-0.3, -0.25) is 14.5 Å². The van der Waals surface area contributed by atoms with E-state index in [-0.39, 0.29) is 11.4 Å². The first kappa shape index (κ1) is 27.6. The highest BCUT2D eigenvalue weighted by Crippen LogP contribution is 2.31. The van der Waals surface area contributed by atoms with E-state index < -0.39 is 53.1 Å². The fourth-order valence-corrected chi connectivity index (χ4v) is 3.46. The number of anilines is 1. The third-order valence-electron chi connectivity index (χ3n) is 4.80. The van der Waals surface area contributed by atoms with E-state index in [9.17, 15) is 31.5 Å². The van der Waals surface area contributed by atoms with Gasteiger partial charge in [-0.25, -0.2) is 13.2 Å². The van der Waals surface area contributed by atoms with E-state index in [2.05, 4.69) is 4.74 Å². The molecular formula is C27H24F5NO4. The van der Waals surface area contributed by atoms with E-state index in [1.165, 1.54) is 36.4 Å². The molecule has 0 aromatic heterocycles. The monoisotopic (exact) mass is 521 g/mol. The Kier molecular flexibility index (Phi) is 7.90. The van der Waals surface area contributed by atoms with Gasteiger partial charge in [0.25, 0.3) is 5.91 Å². The minimum Gasteiger partial charge on any atom is -0.459 e. The highest BCUT2D eigenvalue weighted by Gasteiger charge is 2.29. The number of rotatable bonds is 7. The summed E-state index contributed by atoms with van der Waals surface area (Å²) in [7, 11) is 0. The van der Waals surface area contributed by atoms with Crippen LogP contribution < -0.4 is 9.64 Å². The quantitative estimate of drug-likeness (QED) is 0.255. The predicted octanol–water partition coefficient (Wildman–Crippen LogP) is 6.75. The van der Waals surface area contributed by atoms with Gasteiger partial charge < -0.3 is 9.47 Å². The Morgan fingerprint density at radius 1 is 0.838 bits per heavy atom. The first-order valence-electron chi connectivity index (χ1n) is 11.1. The lowest BCUT2D eigenvalue weighted by Gasteiger charge is -2.26. The van der Waals surface area contributed by atoms with Crippen molar-refractivity contribution in [2.75, 3.05) is 11.4 Å². The molecule has 0 fully saturated rings. The number of ether oxygens (including phenoxy) is 2. The highest BCUT2D eigenvalue weighted by atomic mass is 19.3. The van der Waals surface area contributed by atoms with Crippen molar-refractivity contribution in [3.05, 3.63) is 83.7 Å². The van der Waals surface area contributed by atoms with Crippen LogP contribution >= 0.6 is 0 Å². The van der Waals surface area contributed by atoms with Crippen molar-refractivity contribution < 1.29 is 41.0 Å². The molecule has 1 amide bonds. The summed E-state index contributed by atoms with van der Waals surface area (Å²) in [6.07, 6.45) is -3.42. The van der Waals surface area contributed by atoms with Gasteiger partial charge in [0.15, 0.2) is 0 Å². The number of halogens is 5. The second-order valence-electron chi connectivity index (χ2n) is 9.21. The summed E-state index contributed by atoms with van der Waals surface area (Å²) in [5.74, 6) is -6.34. The summed E-state index contributed by atoms with van der Waals surface area (Å²) < 4.78 is 78.8. The maximum absolute atomic E-state index is 14.5. The van der Waals surface area contributed by atoms with E-state index >= 15 is 0 Å². The first-order chi connectivity index (χ1) is 17.1. The summed E-state index contributed by atoms with van der Waals surface area (Å²) in [6, 6.07) is 12.4. The average molecular weight is 521 g/mol. The molecule has 0 saturated heterocycles.